The number of aliphatic hydroxyl groups is 2. The van der Waals surface area contributed by atoms with Crippen LogP contribution in [0.3, 0.4) is 0 Å². The number of unbranched alkanes of at least 4 members (excludes halogenated alkanes) is 12. The third kappa shape index (κ3) is 36.3. The van der Waals surface area contributed by atoms with Crippen molar-refractivity contribution in [2.45, 2.75) is 161 Å². The fraction of sp³-hybridized carbons (Fsp3) is 0.690. The lowest BCUT2D eigenvalue weighted by molar-refractivity contribution is -0.161. The number of ketones is 1. The predicted molar refractivity (Wildman–Crippen MR) is 215 cm³/mol. The van der Waals surface area contributed by atoms with Crippen molar-refractivity contribution in [2.75, 3.05) is 26.4 Å². The molecule has 3 atom stereocenters. The first-order chi connectivity index (χ1) is 26.1. The van der Waals surface area contributed by atoms with Crippen molar-refractivity contribution in [1.29, 1.82) is 0 Å². The SMILES string of the molecule is CC/C=C\C/C=C\C/C=C\CCCCCCCC(=O)OC[C@H](COP(=O)(O)OC[C@@H](O)CO)OC(=O)CCCCCCC/C=C\C=C\C(=O)CCCCC. The zero-order chi connectivity index (χ0) is 40.0. The summed E-state index contributed by atoms with van der Waals surface area (Å²) in [4.78, 5) is 46.6. The first-order valence-corrected chi connectivity index (χ1v) is 21.7. The maximum Gasteiger partial charge on any atom is 0.472 e. The summed E-state index contributed by atoms with van der Waals surface area (Å²) in [7, 11) is -4.64. The lowest BCUT2D eigenvalue weighted by Crippen LogP contribution is -2.29. The van der Waals surface area contributed by atoms with E-state index in [1.807, 2.05) is 12.2 Å². The first-order valence-electron chi connectivity index (χ1n) is 20.2. The molecule has 0 heterocycles. The molecule has 12 heteroatoms. The lowest BCUT2D eigenvalue weighted by atomic mass is 10.1. The van der Waals surface area contributed by atoms with Gasteiger partial charge < -0.3 is 24.6 Å². The second kappa shape index (κ2) is 37.3. The van der Waals surface area contributed by atoms with Crippen LogP contribution in [0.5, 0.6) is 0 Å². The third-order valence-electron chi connectivity index (χ3n) is 8.13. The maximum absolute atomic E-state index is 12.6. The van der Waals surface area contributed by atoms with Gasteiger partial charge in [0.05, 0.1) is 19.8 Å². The molecule has 0 saturated carbocycles. The fourth-order valence-corrected chi connectivity index (χ4v) is 5.78. The Morgan fingerprint density at radius 3 is 1.83 bits per heavy atom. The standard InChI is InChI=1S/C42H71O11P/c1-3-5-7-8-9-10-11-12-13-14-15-18-21-24-28-32-41(46)50-36-40(37-52-54(48,49)51-35-39(45)34-43)53-42(47)33-29-25-22-19-16-17-20-23-27-31-38(44)30-26-6-4-2/h5,7,9-10,12-13,20,23,27,31,39-40,43,45H,3-4,6,8,11,14-19,21-22,24-26,28-30,32-37H2,1-2H3,(H,48,49)/b7-5-,10-9-,13-12-,23-20-,31-27+/t39-,40+/m0/s1. The van der Waals surface area contributed by atoms with Gasteiger partial charge >= 0.3 is 19.8 Å². The van der Waals surface area contributed by atoms with Crippen LogP contribution in [-0.2, 0) is 37.5 Å². The Labute approximate surface area is 325 Å². The summed E-state index contributed by atoms with van der Waals surface area (Å²) in [6, 6.07) is 0. The van der Waals surface area contributed by atoms with Crippen molar-refractivity contribution in [1.82, 2.24) is 0 Å². The zero-order valence-corrected chi connectivity index (χ0v) is 34.1. The molecule has 0 amide bonds. The third-order valence-corrected chi connectivity index (χ3v) is 9.08. The molecule has 0 aromatic rings. The Hall–Kier alpha value is -2.66. The van der Waals surface area contributed by atoms with Gasteiger partial charge in [0.25, 0.3) is 0 Å². The van der Waals surface area contributed by atoms with E-state index in [-0.39, 0.29) is 25.2 Å². The molecule has 1 unspecified atom stereocenters. The van der Waals surface area contributed by atoms with E-state index < -0.39 is 51.8 Å². The summed E-state index contributed by atoms with van der Waals surface area (Å²) in [5, 5.41) is 18.3. The number of hydrogen-bond donors (Lipinski definition) is 3. The van der Waals surface area contributed by atoms with E-state index in [1.165, 1.54) is 0 Å². The van der Waals surface area contributed by atoms with Crippen molar-refractivity contribution in [3.63, 3.8) is 0 Å². The highest BCUT2D eigenvalue weighted by atomic mass is 31.2. The Morgan fingerprint density at radius 2 is 1.19 bits per heavy atom. The molecule has 0 spiro atoms. The number of ether oxygens (including phenoxy) is 2. The maximum atomic E-state index is 12.6. The van der Waals surface area contributed by atoms with Gasteiger partial charge in [-0.2, -0.15) is 0 Å². The number of aliphatic hydroxyl groups excluding tert-OH is 2. The molecule has 0 fully saturated rings. The normalized spacial score (nSPS) is 14.5. The van der Waals surface area contributed by atoms with E-state index in [0.29, 0.717) is 19.3 Å². The molecule has 11 nitrogen and oxygen atoms in total. The van der Waals surface area contributed by atoms with E-state index >= 15 is 0 Å². The summed E-state index contributed by atoms with van der Waals surface area (Å²) < 4.78 is 32.6. The van der Waals surface area contributed by atoms with Crippen LogP contribution in [0.15, 0.2) is 60.8 Å². The molecule has 0 aromatic heterocycles. The molecule has 0 aromatic carbocycles. The molecule has 0 aliphatic heterocycles. The van der Waals surface area contributed by atoms with Gasteiger partial charge in [-0.05, 0) is 70.3 Å². The minimum Gasteiger partial charge on any atom is -0.462 e. The van der Waals surface area contributed by atoms with E-state index in [1.54, 1.807) is 12.2 Å². The Kier molecular flexibility index (Phi) is 35.4. The zero-order valence-electron chi connectivity index (χ0n) is 33.2. The molecule has 0 radical (unpaired) electrons. The average Bonchev–Trinajstić information content (AvgIpc) is 3.15. The minimum absolute atomic E-state index is 0.126. The molecular formula is C42H71O11P. The molecule has 0 rings (SSSR count). The first kappa shape index (κ1) is 51.3. The predicted octanol–water partition coefficient (Wildman–Crippen LogP) is 9.51. The number of phosphoric ester groups is 1. The van der Waals surface area contributed by atoms with Crippen molar-refractivity contribution in [2.24, 2.45) is 0 Å². The van der Waals surface area contributed by atoms with E-state index in [4.69, 9.17) is 19.1 Å². The van der Waals surface area contributed by atoms with Crippen molar-refractivity contribution in [3.8, 4) is 0 Å². The summed E-state index contributed by atoms with van der Waals surface area (Å²) >= 11 is 0. The summed E-state index contributed by atoms with van der Waals surface area (Å²) in [5.41, 5.74) is 0. The summed E-state index contributed by atoms with van der Waals surface area (Å²) in [6.45, 7) is 2.01. The highest BCUT2D eigenvalue weighted by Crippen LogP contribution is 2.43. The smallest absolute Gasteiger partial charge is 0.462 e. The van der Waals surface area contributed by atoms with E-state index in [0.717, 1.165) is 103 Å². The van der Waals surface area contributed by atoms with Crippen LogP contribution in [0.4, 0.5) is 0 Å². The van der Waals surface area contributed by atoms with Crippen LogP contribution in [0.1, 0.15) is 149 Å². The Morgan fingerprint density at radius 1 is 0.630 bits per heavy atom. The van der Waals surface area contributed by atoms with Crippen molar-refractivity contribution < 1.29 is 52.6 Å². The van der Waals surface area contributed by atoms with Crippen LogP contribution >= 0.6 is 7.82 Å². The van der Waals surface area contributed by atoms with Gasteiger partial charge in [-0.3, -0.25) is 23.4 Å². The molecular weight excluding hydrogens is 711 g/mol. The number of allylic oxidation sites excluding steroid dienone is 10. The number of carbonyl (C=O) groups excluding carboxylic acids is 3. The van der Waals surface area contributed by atoms with Gasteiger partial charge in [-0.1, -0.05) is 120 Å². The molecule has 0 saturated heterocycles. The second-order valence-corrected chi connectivity index (χ2v) is 14.8. The van der Waals surface area contributed by atoms with Gasteiger partial charge in [-0.25, -0.2) is 4.57 Å². The topological polar surface area (TPSA) is 166 Å². The fourth-order valence-electron chi connectivity index (χ4n) is 4.99. The highest BCUT2D eigenvalue weighted by molar-refractivity contribution is 7.47. The van der Waals surface area contributed by atoms with Crippen LogP contribution in [-0.4, -0.2) is 71.5 Å². The van der Waals surface area contributed by atoms with E-state index in [2.05, 4.69) is 54.8 Å². The van der Waals surface area contributed by atoms with Crippen LogP contribution in [0.2, 0.25) is 0 Å². The Balaban J connectivity index is 4.45. The van der Waals surface area contributed by atoms with Gasteiger partial charge in [0.15, 0.2) is 11.9 Å². The van der Waals surface area contributed by atoms with Crippen LogP contribution in [0, 0.1) is 0 Å². The molecule has 0 aliphatic carbocycles. The van der Waals surface area contributed by atoms with Crippen molar-refractivity contribution >= 4 is 25.5 Å². The molecule has 0 bridgehead atoms. The second-order valence-electron chi connectivity index (χ2n) is 13.3. The van der Waals surface area contributed by atoms with Gasteiger partial charge in [0.2, 0.25) is 0 Å². The number of rotatable bonds is 37. The molecule has 0 aliphatic rings. The molecule has 54 heavy (non-hydrogen) atoms. The summed E-state index contributed by atoms with van der Waals surface area (Å²) in [6.07, 6.45) is 36.0. The van der Waals surface area contributed by atoms with E-state index in [9.17, 15) is 28.9 Å². The number of phosphoric acid groups is 1. The van der Waals surface area contributed by atoms with Crippen LogP contribution in [0.25, 0.3) is 0 Å². The van der Waals surface area contributed by atoms with Crippen LogP contribution < -0.4 is 0 Å². The Bertz CT molecular complexity index is 1150. The number of carbonyl (C=O) groups is 3. The molecule has 3 N–H and O–H groups in total. The van der Waals surface area contributed by atoms with Crippen molar-refractivity contribution in [3.05, 3.63) is 60.8 Å². The summed E-state index contributed by atoms with van der Waals surface area (Å²) in [5.74, 6) is -0.853. The molecule has 310 valence electrons. The van der Waals surface area contributed by atoms with Gasteiger partial charge in [-0.15, -0.1) is 0 Å². The number of hydrogen-bond acceptors (Lipinski definition) is 10. The largest absolute Gasteiger partial charge is 0.472 e. The van der Waals surface area contributed by atoms with Gasteiger partial charge in [0, 0.05) is 19.3 Å². The highest BCUT2D eigenvalue weighted by Gasteiger charge is 2.27. The van der Waals surface area contributed by atoms with Gasteiger partial charge in [0.1, 0.15) is 12.7 Å². The monoisotopic (exact) mass is 782 g/mol. The number of esters is 2. The minimum atomic E-state index is -4.64. The average molecular weight is 783 g/mol. The lowest BCUT2D eigenvalue weighted by Gasteiger charge is -2.20. The quantitative estimate of drug-likeness (QED) is 0.0137.